The number of nitrogens with zero attached hydrogens (tertiary/aromatic N) is 3. The maximum Gasteiger partial charge on any atom is 0.186 e. The van der Waals surface area contributed by atoms with Crippen molar-refractivity contribution in [1.29, 1.82) is 0 Å². The number of aliphatic hydroxyl groups excluding tert-OH is 1. The summed E-state index contributed by atoms with van der Waals surface area (Å²) in [6.07, 6.45) is 5.91. The Morgan fingerprint density at radius 2 is 2.27 bits per heavy atom. The van der Waals surface area contributed by atoms with Crippen molar-refractivity contribution in [3.8, 4) is 0 Å². The van der Waals surface area contributed by atoms with Gasteiger partial charge in [0.25, 0.3) is 0 Å². The van der Waals surface area contributed by atoms with E-state index in [9.17, 15) is 5.11 Å². The van der Waals surface area contributed by atoms with E-state index in [2.05, 4.69) is 17.0 Å². The minimum Gasteiger partial charge on any atom is -0.391 e. The molecular formula is C10H19N3OS. The molecule has 2 unspecified atom stereocenters. The fourth-order valence-electron chi connectivity index (χ4n) is 1.66. The van der Waals surface area contributed by atoms with Gasteiger partial charge in [0.1, 0.15) is 6.33 Å². The Kier molecular flexibility index (Phi) is 5.11. The fraction of sp³-hybridized carbons (Fsp3) is 0.800. The number of rotatable bonds is 6. The number of aliphatic hydroxyl groups is 1. The molecule has 0 fully saturated rings. The van der Waals surface area contributed by atoms with E-state index in [4.69, 9.17) is 0 Å². The highest BCUT2D eigenvalue weighted by molar-refractivity contribution is 7.98. The SMILES string of the molecule is CCCC(C(O)CC)n1ncnc1SC. The normalized spacial score (nSPS) is 15.2. The van der Waals surface area contributed by atoms with Crippen molar-refractivity contribution in [2.45, 2.75) is 50.4 Å². The van der Waals surface area contributed by atoms with Gasteiger partial charge in [-0.05, 0) is 19.1 Å². The predicted molar refractivity (Wildman–Crippen MR) is 62.0 cm³/mol. The summed E-state index contributed by atoms with van der Waals surface area (Å²) < 4.78 is 1.85. The number of aromatic nitrogens is 3. The Hall–Kier alpha value is -0.550. The Labute approximate surface area is 95.1 Å². The van der Waals surface area contributed by atoms with Crippen LogP contribution >= 0.6 is 11.8 Å². The molecular weight excluding hydrogens is 210 g/mol. The third kappa shape index (κ3) is 2.95. The summed E-state index contributed by atoms with van der Waals surface area (Å²) in [5.74, 6) is 0. The highest BCUT2D eigenvalue weighted by atomic mass is 32.2. The maximum absolute atomic E-state index is 9.94. The van der Waals surface area contributed by atoms with Crippen molar-refractivity contribution in [3.05, 3.63) is 6.33 Å². The van der Waals surface area contributed by atoms with Crippen LogP contribution < -0.4 is 0 Å². The molecule has 1 aromatic rings. The first-order valence-electron chi connectivity index (χ1n) is 5.36. The van der Waals surface area contributed by atoms with E-state index in [1.54, 1.807) is 18.1 Å². The standard InChI is InChI=1S/C10H19N3OS/c1-4-6-8(9(14)5-2)13-10(15-3)11-7-12-13/h7-9,14H,4-6H2,1-3H3. The van der Waals surface area contributed by atoms with Crippen LogP contribution in [0.2, 0.25) is 0 Å². The number of hydrogen-bond acceptors (Lipinski definition) is 4. The molecule has 0 saturated carbocycles. The Morgan fingerprint density at radius 3 is 2.80 bits per heavy atom. The smallest absolute Gasteiger partial charge is 0.186 e. The molecule has 0 amide bonds. The first-order chi connectivity index (χ1) is 7.24. The first kappa shape index (κ1) is 12.5. The van der Waals surface area contributed by atoms with Crippen molar-refractivity contribution in [3.63, 3.8) is 0 Å². The summed E-state index contributed by atoms with van der Waals surface area (Å²) >= 11 is 1.56. The van der Waals surface area contributed by atoms with Gasteiger partial charge in [-0.25, -0.2) is 9.67 Å². The van der Waals surface area contributed by atoms with Crippen molar-refractivity contribution in [1.82, 2.24) is 14.8 Å². The second-order valence-corrected chi connectivity index (χ2v) is 4.30. The molecule has 1 heterocycles. The molecule has 15 heavy (non-hydrogen) atoms. The van der Waals surface area contributed by atoms with Gasteiger partial charge in [-0.1, -0.05) is 32.0 Å². The topological polar surface area (TPSA) is 50.9 Å². The molecule has 0 bridgehead atoms. The van der Waals surface area contributed by atoms with Crippen molar-refractivity contribution in [2.75, 3.05) is 6.26 Å². The summed E-state index contributed by atoms with van der Waals surface area (Å²) in [5.41, 5.74) is 0. The van der Waals surface area contributed by atoms with Crippen LogP contribution in [0.1, 0.15) is 39.2 Å². The second-order valence-electron chi connectivity index (χ2n) is 3.52. The van der Waals surface area contributed by atoms with E-state index in [0.717, 1.165) is 24.4 Å². The Bertz CT molecular complexity index is 290. The van der Waals surface area contributed by atoms with Crippen LogP contribution in [0.4, 0.5) is 0 Å². The van der Waals surface area contributed by atoms with Crippen LogP contribution in [0.5, 0.6) is 0 Å². The van der Waals surface area contributed by atoms with Crippen LogP contribution in [-0.4, -0.2) is 32.2 Å². The van der Waals surface area contributed by atoms with E-state index in [1.165, 1.54) is 0 Å². The molecule has 5 heteroatoms. The van der Waals surface area contributed by atoms with E-state index in [1.807, 2.05) is 17.9 Å². The summed E-state index contributed by atoms with van der Waals surface area (Å²) in [7, 11) is 0. The average Bonchev–Trinajstić information content (AvgIpc) is 2.72. The van der Waals surface area contributed by atoms with Gasteiger partial charge in [-0.3, -0.25) is 0 Å². The molecule has 0 aromatic carbocycles. The predicted octanol–water partition coefficient (Wildman–Crippen LogP) is 2.11. The fourth-order valence-corrected chi connectivity index (χ4v) is 2.18. The lowest BCUT2D eigenvalue weighted by Gasteiger charge is -2.22. The second kappa shape index (κ2) is 6.12. The van der Waals surface area contributed by atoms with Crippen LogP contribution in [0.25, 0.3) is 0 Å². The molecule has 1 N–H and O–H groups in total. The molecule has 2 atom stereocenters. The molecule has 0 aliphatic rings. The van der Waals surface area contributed by atoms with Gasteiger partial charge >= 0.3 is 0 Å². The molecule has 0 spiro atoms. The minimum absolute atomic E-state index is 0.0601. The third-order valence-electron chi connectivity index (χ3n) is 2.48. The minimum atomic E-state index is -0.336. The summed E-state index contributed by atoms with van der Waals surface area (Å²) in [4.78, 5) is 4.16. The van der Waals surface area contributed by atoms with E-state index in [0.29, 0.717) is 0 Å². The zero-order chi connectivity index (χ0) is 11.3. The largest absolute Gasteiger partial charge is 0.391 e. The Morgan fingerprint density at radius 1 is 1.53 bits per heavy atom. The van der Waals surface area contributed by atoms with Gasteiger partial charge in [-0.15, -0.1) is 0 Å². The van der Waals surface area contributed by atoms with Crippen molar-refractivity contribution < 1.29 is 5.11 Å². The average molecular weight is 229 g/mol. The quantitative estimate of drug-likeness (QED) is 0.759. The zero-order valence-electron chi connectivity index (χ0n) is 9.55. The van der Waals surface area contributed by atoms with Gasteiger partial charge in [-0.2, -0.15) is 5.10 Å². The van der Waals surface area contributed by atoms with Gasteiger partial charge in [0.05, 0.1) is 12.1 Å². The highest BCUT2D eigenvalue weighted by Gasteiger charge is 2.21. The van der Waals surface area contributed by atoms with Gasteiger partial charge in [0, 0.05) is 0 Å². The van der Waals surface area contributed by atoms with Crippen molar-refractivity contribution >= 4 is 11.8 Å². The lowest BCUT2D eigenvalue weighted by molar-refractivity contribution is 0.0913. The molecule has 0 aliphatic heterocycles. The van der Waals surface area contributed by atoms with E-state index < -0.39 is 0 Å². The molecule has 0 saturated heterocycles. The summed E-state index contributed by atoms with van der Waals surface area (Å²) in [5, 5.41) is 15.0. The van der Waals surface area contributed by atoms with Gasteiger partial charge in [0.2, 0.25) is 0 Å². The molecule has 0 radical (unpaired) electrons. The molecule has 1 rings (SSSR count). The third-order valence-corrected chi connectivity index (χ3v) is 3.14. The lowest BCUT2D eigenvalue weighted by atomic mass is 10.0. The van der Waals surface area contributed by atoms with Crippen LogP contribution in [0, 0.1) is 0 Å². The van der Waals surface area contributed by atoms with Crippen LogP contribution in [-0.2, 0) is 0 Å². The van der Waals surface area contributed by atoms with E-state index >= 15 is 0 Å². The monoisotopic (exact) mass is 229 g/mol. The summed E-state index contributed by atoms with van der Waals surface area (Å²) in [6.45, 7) is 4.11. The van der Waals surface area contributed by atoms with Gasteiger partial charge in [0.15, 0.2) is 5.16 Å². The zero-order valence-corrected chi connectivity index (χ0v) is 10.4. The van der Waals surface area contributed by atoms with Gasteiger partial charge < -0.3 is 5.11 Å². The van der Waals surface area contributed by atoms with E-state index in [-0.39, 0.29) is 12.1 Å². The molecule has 0 aliphatic carbocycles. The first-order valence-corrected chi connectivity index (χ1v) is 6.58. The number of hydrogen-bond donors (Lipinski definition) is 1. The Balaban J connectivity index is 2.87. The number of thioether (sulfide) groups is 1. The van der Waals surface area contributed by atoms with Crippen LogP contribution in [0.3, 0.4) is 0 Å². The van der Waals surface area contributed by atoms with Crippen LogP contribution in [0.15, 0.2) is 11.5 Å². The van der Waals surface area contributed by atoms with Crippen molar-refractivity contribution in [2.24, 2.45) is 0 Å². The molecule has 86 valence electrons. The molecule has 1 aromatic heterocycles. The lowest BCUT2D eigenvalue weighted by Crippen LogP contribution is -2.25. The summed E-state index contributed by atoms with van der Waals surface area (Å²) in [6, 6.07) is 0.0601. The molecule has 4 nitrogen and oxygen atoms in total. The maximum atomic E-state index is 9.94. The highest BCUT2D eigenvalue weighted by Crippen LogP contribution is 2.24.